The first-order chi connectivity index (χ1) is 11.5. The van der Waals surface area contributed by atoms with Crippen molar-refractivity contribution in [3.05, 3.63) is 47.3 Å². The maximum atomic E-state index is 13.2. The lowest BCUT2D eigenvalue weighted by atomic mass is 9.97. The van der Waals surface area contributed by atoms with Gasteiger partial charge in [0.15, 0.2) is 5.65 Å². The van der Waals surface area contributed by atoms with Gasteiger partial charge in [-0.05, 0) is 36.8 Å². The van der Waals surface area contributed by atoms with E-state index >= 15 is 0 Å². The molecule has 25 heavy (non-hydrogen) atoms. The Kier molecular flexibility index (Phi) is 3.77. The smallest absolute Gasteiger partial charge is 0.250 e. The fourth-order valence-electron chi connectivity index (χ4n) is 2.66. The van der Waals surface area contributed by atoms with Crippen LogP contribution in [0.25, 0.3) is 22.2 Å². The Morgan fingerprint density at radius 1 is 0.960 bits per heavy atom. The number of pyridine rings is 1. The third kappa shape index (κ3) is 3.06. The number of hydrogen-bond donors (Lipinski definition) is 0. The minimum atomic E-state index is -4.79. The van der Waals surface area contributed by atoms with Crippen LogP contribution in [0.2, 0.25) is 0 Å². The Hall–Kier alpha value is -2.58. The Morgan fingerprint density at radius 2 is 1.64 bits per heavy atom. The van der Waals surface area contributed by atoms with Gasteiger partial charge in [-0.2, -0.15) is 31.4 Å². The SMILES string of the molecule is Cc1nn(C)c2ncc(-c3cc(C(F)(F)F)ccc3C(F)(F)F)cc12. The molecule has 9 heteroatoms. The lowest BCUT2D eigenvalue weighted by molar-refractivity contribution is -0.141. The van der Waals surface area contributed by atoms with Crippen LogP contribution in [0.3, 0.4) is 0 Å². The van der Waals surface area contributed by atoms with E-state index in [0.717, 1.165) is 6.20 Å². The molecular weight excluding hydrogens is 348 g/mol. The van der Waals surface area contributed by atoms with E-state index in [1.54, 1.807) is 14.0 Å². The zero-order valence-electron chi connectivity index (χ0n) is 13.0. The van der Waals surface area contributed by atoms with Gasteiger partial charge in [-0.25, -0.2) is 4.98 Å². The average Bonchev–Trinajstić information content (AvgIpc) is 2.79. The monoisotopic (exact) mass is 359 g/mol. The van der Waals surface area contributed by atoms with Crippen LogP contribution in [0.4, 0.5) is 26.3 Å². The molecule has 0 saturated heterocycles. The van der Waals surface area contributed by atoms with Crippen molar-refractivity contribution in [2.75, 3.05) is 0 Å². The van der Waals surface area contributed by atoms with E-state index in [2.05, 4.69) is 10.1 Å². The summed E-state index contributed by atoms with van der Waals surface area (Å²) in [5.74, 6) is 0. The van der Waals surface area contributed by atoms with Crippen LogP contribution >= 0.6 is 0 Å². The second kappa shape index (κ2) is 5.47. The summed E-state index contributed by atoms with van der Waals surface area (Å²) >= 11 is 0. The van der Waals surface area contributed by atoms with Crippen LogP contribution in [0.1, 0.15) is 16.8 Å². The van der Waals surface area contributed by atoms with Gasteiger partial charge < -0.3 is 0 Å². The van der Waals surface area contributed by atoms with Crippen LogP contribution in [0, 0.1) is 6.92 Å². The van der Waals surface area contributed by atoms with Gasteiger partial charge in [0, 0.05) is 24.2 Å². The molecular formula is C16H11F6N3. The Bertz CT molecular complexity index is 953. The molecule has 2 aromatic heterocycles. The van der Waals surface area contributed by atoms with Crippen LogP contribution in [-0.4, -0.2) is 14.8 Å². The highest BCUT2D eigenvalue weighted by molar-refractivity contribution is 5.84. The van der Waals surface area contributed by atoms with Crippen molar-refractivity contribution in [3.63, 3.8) is 0 Å². The number of aromatic nitrogens is 3. The normalized spacial score (nSPS) is 12.8. The maximum Gasteiger partial charge on any atom is 0.417 e. The molecule has 0 fully saturated rings. The van der Waals surface area contributed by atoms with E-state index in [-0.39, 0.29) is 5.56 Å². The number of fused-ring (bicyclic) bond motifs is 1. The van der Waals surface area contributed by atoms with Gasteiger partial charge in [0.25, 0.3) is 0 Å². The lowest BCUT2D eigenvalue weighted by Crippen LogP contribution is -2.11. The number of alkyl halides is 6. The standard InChI is InChI=1S/C16H11F6N3/c1-8-11-5-9(7-23-14(11)25(2)24-8)12-6-10(15(17,18)19)3-4-13(12)16(20,21)22/h3-7H,1-2H3. The summed E-state index contributed by atoms with van der Waals surface area (Å²) in [5.41, 5.74) is -1.97. The van der Waals surface area contributed by atoms with Gasteiger partial charge in [-0.15, -0.1) is 0 Å². The molecule has 0 unspecified atom stereocenters. The summed E-state index contributed by atoms with van der Waals surface area (Å²) in [6, 6.07) is 2.73. The molecule has 3 nitrogen and oxygen atoms in total. The Balaban J connectivity index is 2.29. The highest BCUT2D eigenvalue weighted by Crippen LogP contribution is 2.41. The number of nitrogens with zero attached hydrogens (tertiary/aromatic N) is 3. The first-order valence-corrected chi connectivity index (χ1v) is 7.06. The molecule has 3 aromatic rings. The third-order valence-corrected chi connectivity index (χ3v) is 3.83. The summed E-state index contributed by atoms with van der Waals surface area (Å²) < 4.78 is 79.9. The predicted molar refractivity (Wildman–Crippen MR) is 78.7 cm³/mol. The molecule has 0 spiro atoms. The molecule has 0 saturated carbocycles. The molecule has 0 radical (unpaired) electrons. The van der Waals surface area contributed by atoms with E-state index in [1.165, 1.54) is 10.7 Å². The van der Waals surface area contributed by atoms with Gasteiger partial charge >= 0.3 is 12.4 Å². The van der Waals surface area contributed by atoms with Crippen LogP contribution in [-0.2, 0) is 19.4 Å². The van der Waals surface area contributed by atoms with E-state index in [4.69, 9.17) is 0 Å². The van der Waals surface area contributed by atoms with Crippen molar-refractivity contribution in [1.29, 1.82) is 0 Å². The highest BCUT2D eigenvalue weighted by atomic mass is 19.4. The van der Waals surface area contributed by atoms with E-state index in [0.29, 0.717) is 34.9 Å². The zero-order valence-corrected chi connectivity index (χ0v) is 13.0. The minimum Gasteiger partial charge on any atom is -0.250 e. The van der Waals surface area contributed by atoms with Gasteiger partial charge in [0.1, 0.15) is 0 Å². The molecule has 2 heterocycles. The van der Waals surface area contributed by atoms with E-state index in [1.807, 2.05) is 0 Å². The molecule has 3 rings (SSSR count). The average molecular weight is 359 g/mol. The maximum absolute atomic E-state index is 13.2. The quantitative estimate of drug-likeness (QED) is 0.574. The number of aryl methyl sites for hydroxylation is 2. The largest absolute Gasteiger partial charge is 0.417 e. The van der Waals surface area contributed by atoms with Gasteiger partial charge in [0.05, 0.1) is 16.8 Å². The van der Waals surface area contributed by atoms with Crippen molar-refractivity contribution in [2.45, 2.75) is 19.3 Å². The molecule has 0 amide bonds. The molecule has 0 N–H and O–H groups in total. The Morgan fingerprint density at radius 3 is 2.24 bits per heavy atom. The van der Waals surface area contributed by atoms with Crippen molar-refractivity contribution in [1.82, 2.24) is 14.8 Å². The molecule has 0 aliphatic rings. The van der Waals surface area contributed by atoms with Gasteiger partial charge in [-0.3, -0.25) is 4.68 Å². The fraction of sp³-hybridized carbons (Fsp3) is 0.250. The topological polar surface area (TPSA) is 30.7 Å². The second-order valence-corrected chi connectivity index (χ2v) is 5.56. The summed E-state index contributed by atoms with van der Waals surface area (Å²) in [6.07, 6.45) is -8.42. The predicted octanol–water partition coefficient (Wildman–Crippen LogP) is 4.98. The fourth-order valence-corrected chi connectivity index (χ4v) is 2.66. The summed E-state index contributed by atoms with van der Waals surface area (Å²) in [5, 5.41) is 4.58. The minimum absolute atomic E-state index is 0.0537. The lowest BCUT2D eigenvalue weighted by Gasteiger charge is -2.16. The zero-order chi connectivity index (χ0) is 18.6. The van der Waals surface area contributed by atoms with Crippen LogP contribution in [0.15, 0.2) is 30.5 Å². The number of hydrogen-bond acceptors (Lipinski definition) is 2. The molecule has 0 aliphatic carbocycles. The van der Waals surface area contributed by atoms with E-state index < -0.39 is 29.0 Å². The number of halogens is 6. The van der Waals surface area contributed by atoms with Gasteiger partial charge in [-0.1, -0.05) is 0 Å². The first kappa shape index (κ1) is 17.2. The summed E-state index contributed by atoms with van der Waals surface area (Å²) in [6.45, 7) is 1.64. The molecule has 0 atom stereocenters. The van der Waals surface area contributed by atoms with Crippen molar-refractivity contribution in [2.24, 2.45) is 7.05 Å². The highest BCUT2D eigenvalue weighted by Gasteiger charge is 2.37. The third-order valence-electron chi connectivity index (χ3n) is 3.83. The summed E-state index contributed by atoms with van der Waals surface area (Å²) in [4.78, 5) is 4.04. The van der Waals surface area contributed by atoms with E-state index in [9.17, 15) is 26.3 Å². The number of benzene rings is 1. The first-order valence-electron chi connectivity index (χ1n) is 7.06. The Labute approximate surface area is 137 Å². The van der Waals surface area contributed by atoms with Gasteiger partial charge in [0.2, 0.25) is 0 Å². The van der Waals surface area contributed by atoms with Crippen molar-refractivity contribution in [3.8, 4) is 11.1 Å². The summed E-state index contributed by atoms with van der Waals surface area (Å²) in [7, 11) is 1.62. The van der Waals surface area contributed by atoms with Crippen molar-refractivity contribution >= 4 is 11.0 Å². The van der Waals surface area contributed by atoms with Crippen LogP contribution in [0.5, 0.6) is 0 Å². The molecule has 0 aliphatic heterocycles. The number of rotatable bonds is 1. The molecule has 1 aromatic carbocycles. The van der Waals surface area contributed by atoms with Crippen molar-refractivity contribution < 1.29 is 26.3 Å². The molecule has 0 bridgehead atoms. The molecule has 132 valence electrons. The van der Waals surface area contributed by atoms with Crippen LogP contribution < -0.4 is 0 Å². The second-order valence-electron chi connectivity index (χ2n) is 5.56.